The lowest BCUT2D eigenvalue weighted by Gasteiger charge is -2.25. The Bertz CT molecular complexity index is 329. The van der Waals surface area contributed by atoms with Gasteiger partial charge in [-0.1, -0.05) is 19.1 Å². The molecule has 0 fully saturated rings. The van der Waals surface area contributed by atoms with Crippen molar-refractivity contribution in [3.8, 4) is 0 Å². The van der Waals surface area contributed by atoms with Gasteiger partial charge in [-0.05, 0) is 18.8 Å². The molecule has 0 spiro atoms. The monoisotopic (exact) mass is 228 g/mol. The molecule has 0 N–H and O–H groups in total. The molecule has 0 aliphatic heterocycles. The van der Waals surface area contributed by atoms with Crippen LogP contribution in [0.2, 0.25) is 0 Å². The first-order chi connectivity index (χ1) is 6.27. The molecule has 0 aromatic heterocycles. The maximum absolute atomic E-state index is 12.2. The van der Waals surface area contributed by atoms with Crippen molar-refractivity contribution in [1.82, 2.24) is 0 Å². The lowest BCUT2D eigenvalue weighted by molar-refractivity contribution is -0.0449. The summed E-state index contributed by atoms with van der Waals surface area (Å²) in [5, 5.41) is -1.31. The van der Waals surface area contributed by atoms with E-state index in [0.29, 0.717) is 6.42 Å². The van der Waals surface area contributed by atoms with Crippen LogP contribution in [0.15, 0.2) is 12.2 Å². The molecule has 0 unspecified atom stereocenters. The second-order valence-corrected chi connectivity index (χ2v) is 5.61. The maximum atomic E-state index is 12.2. The number of rotatable bonds is 1. The average molecular weight is 228 g/mol. The summed E-state index contributed by atoms with van der Waals surface area (Å²) < 4.78 is 58.7. The normalized spacial score (nSPS) is 29.1. The standard InChI is InChI=1S/C8H11F3O2S/c1-6-4-2-3-5-7(6)14(12,13)8(9,10)11/h2-3,6-7H,4-5H2,1H3/t6-,7-/m1/s1. The van der Waals surface area contributed by atoms with Gasteiger partial charge in [-0.25, -0.2) is 8.42 Å². The van der Waals surface area contributed by atoms with Crippen LogP contribution in [-0.4, -0.2) is 19.2 Å². The van der Waals surface area contributed by atoms with E-state index in [1.165, 1.54) is 13.0 Å². The second kappa shape index (κ2) is 3.56. The van der Waals surface area contributed by atoms with E-state index in [9.17, 15) is 21.6 Å². The van der Waals surface area contributed by atoms with E-state index in [1.807, 2.05) is 0 Å². The summed E-state index contributed by atoms with van der Waals surface area (Å²) in [5.74, 6) is -0.466. The lowest BCUT2D eigenvalue weighted by Crippen LogP contribution is -2.38. The zero-order chi connectivity index (χ0) is 11.0. The third-order valence-electron chi connectivity index (χ3n) is 2.40. The Balaban J connectivity index is 2.99. The average Bonchev–Trinajstić information content (AvgIpc) is 2.02. The molecule has 6 heteroatoms. The molecule has 0 aromatic carbocycles. The van der Waals surface area contributed by atoms with Crippen molar-refractivity contribution < 1.29 is 21.6 Å². The van der Waals surface area contributed by atoms with Crippen molar-refractivity contribution in [3.05, 3.63) is 12.2 Å². The number of sulfone groups is 1. The Kier molecular flexibility index (Phi) is 2.94. The molecule has 2 atom stereocenters. The molecule has 14 heavy (non-hydrogen) atoms. The van der Waals surface area contributed by atoms with Crippen LogP contribution in [0.25, 0.3) is 0 Å². The summed E-state index contributed by atoms with van der Waals surface area (Å²) in [6.07, 6.45) is 3.56. The minimum Gasteiger partial charge on any atom is -0.219 e. The number of allylic oxidation sites excluding steroid dienone is 2. The number of hydrogen-bond donors (Lipinski definition) is 0. The molecule has 0 aromatic rings. The highest BCUT2D eigenvalue weighted by atomic mass is 32.2. The molecule has 0 bridgehead atoms. The topological polar surface area (TPSA) is 34.1 Å². The first kappa shape index (κ1) is 11.6. The van der Waals surface area contributed by atoms with E-state index < -0.39 is 26.5 Å². The third-order valence-corrected chi connectivity index (χ3v) is 4.50. The predicted octanol–water partition coefficient (Wildman–Crippen LogP) is 2.28. The number of alkyl halides is 3. The fraction of sp³-hybridized carbons (Fsp3) is 0.750. The van der Waals surface area contributed by atoms with Gasteiger partial charge in [0.05, 0.1) is 5.25 Å². The summed E-state index contributed by atoms with van der Waals surface area (Å²) in [6, 6.07) is 0. The molecular formula is C8H11F3O2S. The number of hydrogen-bond acceptors (Lipinski definition) is 2. The van der Waals surface area contributed by atoms with Crippen LogP contribution in [0.1, 0.15) is 19.8 Å². The Morgan fingerprint density at radius 1 is 1.21 bits per heavy atom. The quantitative estimate of drug-likeness (QED) is 0.645. The third kappa shape index (κ3) is 1.94. The lowest BCUT2D eigenvalue weighted by atomic mass is 9.96. The summed E-state index contributed by atoms with van der Waals surface area (Å²) >= 11 is 0. The first-order valence-corrected chi connectivity index (χ1v) is 5.76. The van der Waals surface area contributed by atoms with E-state index in [4.69, 9.17) is 0 Å². The van der Waals surface area contributed by atoms with Crippen LogP contribution in [0.5, 0.6) is 0 Å². The summed E-state index contributed by atoms with van der Waals surface area (Å²) in [4.78, 5) is 0. The van der Waals surface area contributed by atoms with Gasteiger partial charge in [0.15, 0.2) is 0 Å². The van der Waals surface area contributed by atoms with Crippen LogP contribution in [-0.2, 0) is 9.84 Å². The van der Waals surface area contributed by atoms with Crippen LogP contribution < -0.4 is 0 Å². The zero-order valence-electron chi connectivity index (χ0n) is 7.58. The predicted molar refractivity (Wildman–Crippen MR) is 46.3 cm³/mol. The Morgan fingerprint density at radius 2 is 1.71 bits per heavy atom. The van der Waals surface area contributed by atoms with Crippen LogP contribution in [0.4, 0.5) is 13.2 Å². The SMILES string of the molecule is C[C@@H]1CC=CC[C@H]1S(=O)(=O)C(F)(F)F. The van der Waals surface area contributed by atoms with Gasteiger partial charge in [-0.15, -0.1) is 0 Å². The van der Waals surface area contributed by atoms with E-state index in [2.05, 4.69) is 0 Å². The van der Waals surface area contributed by atoms with Crippen LogP contribution >= 0.6 is 0 Å². The molecule has 82 valence electrons. The minimum absolute atomic E-state index is 0.0387. The summed E-state index contributed by atoms with van der Waals surface area (Å²) in [6.45, 7) is 1.53. The smallest absolute Gasteiger partial charge is 0.219 e. The molecule has 0 amide bonds. The highest BCUT2D eigenvalue weighted by Crippen LogP contribution is 2.35. The fourth-order valence-electron chi connectivity index (χ4n) is 1.53. The first-order valence-electron chi connectivity index (χ1n) is 4.22. The van der Waals surface area contributed by atoms with E-state index >= 15 is 0 Å². The van der Waals surface area contributed by atoms with Gasteiger partial charge in [0.1, 0.15) is 0 Å². The van der Waals surface area contributed by atoms with Gasteiger partial charge in [-0.3, -0.25) is 0 Å². The fourth-order valence-corrected chi connectivity index (χ4v) is 2.96. The summed E-state index contributed by atoms with van der Waals surface area (Å²) in [5.41, 5.74) is -5.13. The molecule has 1 aliphatic rings. The second-order valence-electron chi connectivity index (χ2n) is 3.45. The Morgan fingerprint density at radius 3 is 2.14 bits per heavy atom. The molecular weight excluding hydrogens is 217 g/mol. The Hall–Kier alpha value is -0.520. The van der Waals surface area contributed by atoms with Gasteiger partial charge in [0.2, 0.25) is 0 Å². The van der Waals surface area contributed by atoms with Crippen molar-refractivity contribution in [2.24, 2.45) is 5.92 Å². The van der Waals surface area contributed by atoms with E-state index in [1.54, 1.807) is 6.08 Å². The van der Waals surface area contributed by atoms with Crippen molar-refractivity contribution >= 4 is 9.84 Å². The highest BCUT2D eigenvalue weighted by molar-refractivity contribution is 7.92. The number of halogens is 3. The molecule has 0 saturated carbocycles. The molecule has 0 radical (unpaired) electrons. The van der Waals surface area contributed by atoms with Crippen LogP contribution in [0.3, 0.4) is 0 Å². The van der Waals surface area contributed by atoms with E-state index in [-0.39, 0.29) is 6.42 Å². The van der Waals surface area contributed by atoms with E-state index in [0.717, 1.165) is 0 Å². The van der Waals surface area contributed by atoms with Crippen molar-refractivity contribution in [1.29, 1.82) is 0 Å². The molecule has 0 heterocycles. The molecule has 1 rings (SSSR count). The largest absolute Gasteiger partial charge is 0.497 e. The van der Waals surface area contributed by atoms with Gasteiger partial charge < -0.3 is 0 Å². The van der Waals surface area contributed by atoms with Gasteiger partial charge >= 0.3 is 5.51 Å². The maximum Gasteiger partial charge on any atom is 0.497 e. The molecule has 2 nitrogen and oxygen atoms in total. The van der Waals surface area contributed by atoms with Crippen molar-refractivity contribution in [2.75, 3.05) is 0 Å². The van der Waals surface area contributed by atoms with Gasteiger partial charge in [0, 0.05) is 0 Å². The van der Waals surface area contributed by atoms with Crippen molar-refractivity contribution in [2.45, 2.75) is 30.5 Å². The Labute approximate surface area is 80.7 Å². The van der Waals surface area contributed by atoms with Gasteiger partial charge in [0.25, 0.3) is 9.84 Å². The van der Waals surface area contributed by atoms with Gasteiger partial charge in [-0.2, -0.15) is 13.2 Å². The van der Waals surface area contributed by atoms with Crippen LogP contribution in [0, 0.1) is 5.92 Å². The highest BCUT2D eigenvalue weighted by Gasteiger charge is 2.51. The summed E-state index contributed by atoms with van der Waals surface area (Å²) in [7, 11) is -5.00. The van der Waals surface area contributed by atoms with Crippen molar-refractivity contribution in [3.63, 3.8) is 0 Å². The zero-order valence-corrected chi connectivity index (χ0v) is 8.40. The molecule has 1 aliphatic carbocycles. The minimum atomic E-state index is -5.13. The molecule has 0 saturated heterocycles.